The van der Waals surface area contributed by atoms with E-state index in [9.17, 15) is 0 Å². The molecule has 0 atom stereocenters. The average molecular weight is 401 g/mol. The summed E-state index contributed by atoms with van der Waals surface area (Å²) in [6.45, 7) is 0. The van der Waals surface area contributed by atoms with E-state index >= 15 is 0 Å². The summed E-state index contributed by atoms with van der Waals surface area (Å²) < 4.78 is 5.26. The highest BCUT2D eigenvalue weighted by Crippen LogP contribution is 2.34. The van der Waals surface area contributed by atoms with E-state index in [0.717, 1.165) is 44.3 Å². The normalized spacial score (nSPS) is 11.1. The van der Waals surface area contributed by atoms with Crippen LogP contribution in [0.5, 0.6) is 5.75 Å². The maximum absolute atomic E-state index is 6.32. The molecule has 5 aromatic rings. The van der Waals surface area contributed by atoms with Crippen molar-refractivity contribution in [1.82, 2.24) is 15.2 Å². The zero-order chi connectivity index (χ0) is 19.8. The molecular weight excluding hydrogens is 384 g/mol. The molecule has 0 saturated carbocycles. The van der Waals surface area contributed by atoms with Gasteiger partial charge in [0.2, 0.25) is 0 Å². The van der Waals surface area contributed by atoms with E-state index in [2.05, 4.69) is 26.6 Å². The van der Waals surface area contributed by atoms with E-state index in [1.807, 2.05) is 67.0 Å². The molecule has 2 heterocycles. The van der Waals surface area contributed by atoms with Crippen LogP contribution in [0.1, 0.15) is 0 Å². The number of rotatable bonds is 4. The van der Waals surface area contributed by atoms with Gasteiger partial charge in [-0.1, -0.05) is 29.8 Å². The lowest BCUT2D eigenvalue weighted by Crippen LogP contribution is -1.93. The van der Waals surface area contributed by atoms with Crippen LogP contribution in [-0.2, 0) is 0 Å². The highest BCUT2D eigenvalue weighted by atomic mass is 35.5. The molecule has 3 aromatic carbocycles. The van der Waals surface area contributed by atoms with Crippen LogP contribution in [0.15, 0.2) is 73.1 Å². The monoisotopic (exact) mass is 400 g/mol. The van der Waals surface area contributed by atoms with Crippen LogP contribution < -0.4 is 10.1 Å². The van der Waals surface area contributed by atoms with Gasteiger partial charge < -0.3 is 10.1 Å². The fourth-order valence-corrected chi connectivity index (χ4v) is 3.76. The van der Waals surface area contributed by atoms with Crippen molar-refractivity contribution in [3.05, 3.63) is 78.1 Å². The van der Waals surface area contributed by atoms with Gasteiger partial charge in [-0.05, 0) is 53.6 Å². The van der Waals surface area contributed by atoms with E-state index in [1.54, 1.807) is 7.11 Å². The fourth-order valence-electron chi connectivity index (χ4n) is 3.50. The molecular formula is C23H17ClN4O. The third kappa shape index (κ3) is 3.15. The first-order valence-corrected chi connectivity index (χ1v) is 9.52. The number of pyridine rings is 1. The molecule has 2 N–H and O–H groups in total. The Morgan fingerprint density at radius 2 is 1.76 bits per heavy atom. The molecule has 0 aliphatic rings. The lowest BCUT2D eigenvalue weighted by molar-refractivity contribution is 0.415. The Bertz CT molecular complexity index is 1350. The molecule has 0 radical (unpaired) electrons. The number of ether oxygens (including phenoxy) is 1. The molecule has 5 rings (SSSR count). The minimum Gasteiger partial charge on any atom is -0.495 e. The number of hydrogen-bond acceptors (Lipinski definition) is 4. The Hall–Kier alpha value is -3.57. The van der Waals surface area contributed by atoms with E-state index in [0.29, 0.717) is 10.8 Å². The fraction of sp³-hybridized carbons (Fsp3) is 0.0435. The van der Waals surface area contributed by atoms with Crippen LogP contribution in [-0.4, -0.2) is 22.3 Å². The van der Waals surface area contributed by atoms with E-state index < -0.39 is 0 Å². The molecule has 0 saturated heterocycles. The number of halogens is 1. The van der Waals surface area contributed by atoms with Crippen LogP contribution in [0, 0.1) is 0 Å². The number of aromatic nitrogens is 3. The molecule has 2 aromatic heterocycles. The van der Waals surface area contributed by atoms with Gasteiger partial charge in [0.15, 0.2) is 0 Å². The van der Waals surface area contributed by atoms with Gasteiger partial charge in [-0.15, -0.1) is 0 Å². The zero-order valence-corrected chi connectivity index (χ0v) is 16.4. The summed E-state index contributed by atoms with van der Waals surface area (Å²) in [5.41, 5.74) is 5.94. The average Bonchev–Trinajstić information content (AvgIpc) is 3.23. The number of H-pyrrole nitrogens is 1. The maximum atomic E-state index is 6.32. The molecule has 0 spiro atoms. The molecule has 29 heavy (non-hydrogen) atoms. The van der Waals surface area contributed by atoms with Gasteiger partial charge in [0, 0.05) is 28.3 Å². The summed E-state index contributed by atoms with van der Waals surface area (Å²) in [6, 6.07) is 20.0. The lowest BCUT2D eigenvalue weighted by atomic mass is 10.0. The number of fused-ring (bicyclic) bond motifs is 2. The van der Waals surface area contributed by atoms with Crippen molar-refractivity contribution in [1.29, 1.82) is 0 Å². The summed E-state index contributed by atoms with van der Waals surface area (Å²) in [6.07, 6.45) is 3.63. The quantitative estimate of drug-likeness (QED) is 0.378. The number of nitrogens with zero attached hydrogens (tertiary/aromatic N) is 2. The van der Waals surface area contributed by atoms with Crippen LogP contribution in [0.25, 0.3) is 32.9 Å². The van der Waals surface area contributed by atoms with Crippen LogP contribution >= 0.6 is 11.6 Å². The smallest absolute Gasteiger partial charge is 0.137 e. The molecule has 142 valence electrons. The maximum Gasteiger partial charge on any atom is 0.137 e. The Balaban J connectivity index is 1.60. The Kier molecular flexibility index (Phi) is 4.30. The molecule has 0 amide bonds. The van der Waals surface area contributed by atoms with Crippen molar-refractivity contribution in [2.24, 2.45) is 0 Å². The first-order valence-electron chi connectivity index (χ1n) is 9.15. The number of anilines is 2. The Morgan fingerprint density at radius 1 is 0.931 bits per heavy atom. The molecule has 0 unspecified atom stereocenters. The summed E-state index contributed by atoms with van der Waals surface area (Å²) in [4.78, 5) is 4.51. The van der Waals surface area contributed by atoms with Crippen molar-refractivity contribution < 1.29 is 4.74 Å². The predicted octanol–water partition coefficient (Wildman–Crippen LogP) is 6.18. The molecule has 0 fully saturated rings. The zero-order valence-electron chi connectivity index (χ0n) is 15.6. The second-order valence-electron chi connectivity index (χ2n) is 6.70. The van der Waals surface area contributed by atoms with Gasteiger partial charge in [0.25, 0.3) is 0 Å². The van der Waals surface area contributed by atoms with Gasteiger partial charge in [0.05, 0.1) is 29.4 Å². The number of benzene rings is 3. The number of aromatic amines is 1. The SMILES string of the molecule is COc1ccc(-c2ccc3nccc(Nc4cccc5[nH]ncc45)c3c2)cc1Cl. The number of hydrogen-bond donors (Lipinski definition) is 2. The van der Waals surface area contributed by atoms with Gasteiger partial charge in [-0.2, -0.15) is 5.10 Å². The topological polar surface area (TPSA) is 62.8 Å². The van der Waals surface area contributed by atoms with Crippen LogP contribution in [0.2, 0.25) is 5.02 Å². The second kappa shape index (κ2) is 7.11. The largest absolute Gasteiger partial charge is 0.495 e. The third-order valence-electron chi connectivity index (χ3n) is 4.98. The Labute approximate surface area is 172 Å². The molecule has 0 bridgehead atoms. The van der Waals surface area contributed by atoms with Gasteiger partial charge in [0.1, 0.15) is 5.75 Å². The van der Waals surface area contributed by atoms with E-state index in [-0.39, 0.29) is 0 Å². The van der Waals surface area contributed by atoms with Crippen LogP contribution in [0.3, 0.4) is 0 Å². The number of nitrogens with one attached hydrogen (secondary N) is 2. The predicted molar refractivity (Wildman–Crippen MR) is 118 cm³/mol. The van der Waals surface area contributed by atoms with Crippen molar-refractivity contribution in [3.63, 3.8) is 0 Å². The van der Waals surface area contributed by atoms with E-state index in [4.69, 9.17) is 16.3 Å². The molecule has 6 heteroatoms. The standard InChI is InChI=1S/C23H17ClN4O/c1-29-23-8-6-15(12-18(23)24)14-5-7-19-16(11-14)21(9-10-25-19)27-20-3-2-4-22-17(20)13-26-28-22/h2-13H,1H3,(H,25,27)(H,26,28). The summed E-state index contributed by atoms with van der Waals surface area (Å²) in [7, 11) is 1.61. The highest BCUT2D eigenvalue weighted by Gasteiger charge is 2.09. The summed E-state index contributed by atoms with van der Waals surface area (Å²) in [5.74, 6) is 0.661. The summed E-state index contributed by atoms with van der Waals surface area (Å²) in [5, 5.41) is 13.3. The first-order chi connectivity index (χ1) is 14.2. The van der Waals surface area contributed by atoms with Gasteiger partial charge in [-0.3, -0.25) is 10.1 Å². The Morgan fingerprint density at radius 3 is 2.62 bits per heavy atom. The second-order valence-corrected chi connectivity index (χ2v) is 7.11. The van der Waals surface area contributed by atoms with Crippen molar-refractivity contribution >= 4 is 44.8 Å². The van der Waals surface area contributed by atoms with Gasteiger partial charge >= 0.3 is 0 Å². The molecule has 5 nitrogen and oxygen atoms in total. The molecule has 0 aliphatic carbocycles. The highest BCUT2D eigenvalue weighted by molar-refractivity contribution is 6.32. The summed E-state index contributed by atoms with van der Waals surface area (Å²) >= 11 is 6.32. The third-order valence-corrected chi connectivity index (χ3v) is 5.28. The van der Waals surface area contributed by atoms with E-state index in [1.165, 1.54) is 0 Å². The van der Waals surface area contributed by atoms with Crippen LogP contribution in [0.4, 0.5) is 11.4 Å². The minimum atomic E-state index is 0.585. The van der Waals surface area contributed by atoms with Crippen molar-refractivity contribution in [3.8, 4) is 16.9 Å². The minimum absolute atomic E-state index is 0.585. The lowest BCUT2D eigenvalue weighted by Gasteiger charge is -2.12. The first kappa shape index (κ1) is 17.5. The van der Waals surface area contributed by atoms with Gasteiger partial charge in [-0.25, -0.2) is 0 Å². The van der Waals surface area contributed by atoms with Crippen molar-refractivity contribution in [2.75, 3.05) is 12.4 Å². The molecule has 0 aliphatic heterocycles. The van der Waals surface area contributed by atoms with Crippen molar-refractivity contribution in [2.45, 2.75) is 0 Å². The number of methoxy groups -OCH3 is 1.